The third-order valence-corrected chi connectivity index (χ3v) is 3.91. The standard InChI is InChI=1S/C15H19ClN2O3/c1-10-8-12(16)5-6-13(10)17-14(19)11-4-3-7-18(9-11)15(20)21-2/h5-6,8,11H,3-4,7,9H2,1-2H3,(H,17,19). The predicted octanol–water partition coefficient (Wildman–Crippen LogP) is 3.07. The van der Waals surface area contributed by atoms with E-state index in [-0.39, 0.29) is 17.9 Å². The minimum atomic E-state index is -0.379. The van der Waals surface area contributed by atoms with Crippen molar-refractivity contribution in [2.75, 3.05) is 25.5 Å². The molecule has 0 saturated carbocycles. The zero-order chi connectivity index (χ0) is 15.4. The number of hydrogen-bond acceptors (Lipinski definition) is 3. The first-order chi connectivity index (χ1) is 10.0. The zero-order valence-corrected chi connectivity index (χ0v) is 12.9. The molecule has 1 unspecified atom stereocenters. The minimum Gasteiger partial charge on any atom is -0.453 e. The Hall–Kier alpha value is -1.75. The molecule has 2 rings (SSSR count). The van der Waals surface area contributed by atoms with Gasteiger partial charge < -0.3 is 15.0 Å². The number of benzene rings is 1. The minimum absolute atomic E-state index is 0.0750. The van der Waals surface area contributed by atoms with Crippen molar-refractivity contribution < 1.29 is 14.3 Å². The largest absolute Gasteiger partial charge is 0.453 e. The molecular weight excluding hydrogens is 292 g/mol. The summed E-state index contributed by atoms with van der Waals surface area (Å²) in [5, 5.41) is 3.55. The van der Waals surface area contributed by atoms with E-state index in [2.05, 4.69) is 5.32 Å². The number of piperidine rings is 1. The lowest BCUT2D eigenvalue weighted by Gasteiger charge is -2.31. The normalized spacial score (nSPS) is 18.2. The van der Waals surface area contributed by atoms with Crippen LogP contribution in [0.4, 0.5) is 10.5 Å². The molecule has 0 aromatic heterocycles. The highest BCUT2D eigenvalue weighted by Crippen LogP contribution is 2.23. The van der Waals surface area contributed by atoms with Crippen LogP contribution in [0.5, 0.6) is 0 Å². The second-order valence-corrected chi connectivity index (χ2v) is 5.64. The van der Waals surface area contributed by atoms with Gasteiger partial charge in [0.25, 0.3) is 0 Å². The maximum atomic E-state index is 12.3. The van der Waals surface area contributed by atoms with Crippen LogP contribution in [0.2, 0.25) is 5.02 Å². The Morgan fingerprint density at radius 2 is 2.19 bits per heavy atom. The number of hydrogen-bond donors (Lipinski definition) is 1. The molecule has 21 heavy (non-hydrogen) atoms. The van der Waals surface area contributed by atoms with E-state index in [4.69, 9.17) is 16.3 Å². The second-order valence-electron chi connectivity index (χ2n) is 5.20. The molecule has 0 bridgehead atoms. The molecule has 1 heterocycles. The van der Waals surface area contributed by atoms with Crippen LogP contribution in [0.3, 0.4) is 0 Å². The Kier molecular flexibility index (Phi) is 5.07. The summed E-state index contributed by atoms with van der Waals surface area (Å²) in [7, 11) is 1.35. The number of ether oxygens (including phenoxy) is 1. The first-order valence-electron chi connectivity index (χ1n) is 6.91. The quantitative estimate of drug-likeness (QED) is 0.913. The van der Waals surface area contributed by atoms with Crippen LogP contribution in [-0.2, 0) is 9.53 Å². The number of likely N-dealkylation sites (tertiary alicyclic amines) is 1. The van der Waals surface area contributed by atoms with E-state index in [1.54, 1.807) is 23.1 Å². The van der Waals surface area contributed by atoms with Crippen molar-refractivity contribution in [3.63, 3.8) is 0 Å². The lowest BCUT2D eigenvalue weighted by molar-refractivity contribution is -0.121. The molecule has 1 aliphatic heterocycles. The summed E-state index contributed by atoms with van der Waals surface area (Å²) < 4.78 is 4.71. The zero-order valence-electron chi connectivity index (χ0n) is 12.2. The maximum Gasteiger partial charge on any atom is 0.409 e. The van der Waals surface area contributed by atoms with E-state index in [0.717, 1.165) is 24.1 Å². The molecule has 0 radical (unpaired) electrons. The number of anilines is 1. The van der Waals surface area contributed by atoms with Gasteiger partial charge in [-0.2, -0.15) is 0 Å². The third kappa shape index (κ3) is 3.88. The molecule has 1 aliphatic rings. The van der Waals surface area contributed by atoms with E-state index >= 15 is 0 Å². The predicted molar refractivity (Wildman–Crippen MR) is 81.5 cm³/mol. The molecule has 0 aliphatic carbocycles. The number of methoxy groups -OCH3 is 1. The number of nitrogens with one attached hydrogen (secondary N) is 1. The Morgan fingerprint density at radius 1 is 1.43 bits per heavy atom. The highest BCUT2D eigenvalue weighted by Gasteiger charge is 2.29. The number of carbonyl (C=O) groups excluding carboxylic acids is 2. The van der Waals surface area contributed by atoms with Gasteiger partial charge in [0, 0.05) is 23.8 Å². The van der Waals surface area contributed by atoms with Crippen molar-refractivity contribution in [1.82, 2.24) is 4.90 Å². The fourth-order valence-electron chi connectivity index (χ4n) is 2.49. The number of amides is 2. The van der Waals surface area contributed by atoms with Crippen LogP contribution in [0.15, 0.2) is 18.2 Å². The fourth-order valence-corrected chi connectivity index (χ4v) is 2.71. The van der Waals surface area contributed by atoms with Crippen molar-refractivity contribution in [3.05, 3.63) is 28.8 Å². The highest BCUT2D eigenvalue weighted by atomic mass is 35.5. The second kappa shape index (κ2) is 6.80. The van der Waals surface area contributed by atoms with Gasteiger partial charge in [0.2, 0.25) is 5.91 Å². The van der Waals surface area contributed by atoms with Crippen molar-refractivity contribution in [2.45, 2.75) is 19.8 Å². The lowest BCUT2D eigenvalue weighted by Crippen LogP contribution is -2.43. The summed E-state index contributed by atoms with van der Waals surface area (Å²) in [4.78, 5) is 25.5. The average molecular weight is 311 g/mol. The van der Waals surface area contributed by atoms with E-state index < -0.39 is 0 Å². The van der Waals surface area contributed by atoms with Crippen LogP contribution in [0.1, 0.15) is 18.4 Å². The van der Waals surface area contributed by atoms with Crippen molar-refractivity contribution in [1.29, 1.82) is 0 Å². The van der Waals surface area contributed by atoms with Gasteiger partial charge >= 0.3 is 6.09 Å². The molecule has 1 fully saturated rings. The van der Waals surface area contributed by atoms with E-state index in [9.17, 15) is 9.59 Å². The SMILES string of the molecule is COC(=O)N1CCCC(C(=O)Nc2ccc(Cl)cc2C)C1. The lowest BCUT2D eigenvalue weighted by atomic mass is 9.97. The van der Waals surface area contributed by atoms with Crippen LogP contribution in [0, 0.1) is 12.8 Å². The topological polar surface area (TPSA) is 58.6 Å². The molecular formula is C15H19ClN2O3. The summed E-state index contributed by atoms with van der Waals surface area (Å²) in [5.41, 5.74) is 1.66. The summed E-state index contributed by atoms with van der Waals surface area (Å²) >= 11 is 5.90. The molecule has 114 valence electrons. The van der Waals surface area contributed by atoms with Gasteiger partial charge in [-0.1, -0.05) is 11.6 Å². The van der Waals surface area contributed by atoms with Crippen molar-refractivity contribution in [2.24, 2.45) is 5.92 Å². The monoisotopic (exact) mass is 310 g/mol. The van der Waals surface area contributed by atoms with Gasteiger partial charge in [0.05, 0.1) is 13.0 Å². The smallest absolute Gasteiger partial charge is 0.409 e. The van der Waals surface area contributed by atoms with E-state index in [1.807, 2.05) is 6.92 Å². The Balaban J connectivity index is 2.01. The number of aryl methyl sites for hydroxylation is 1. The van der Waals surface area contributed by atoms with Gasteiger partial charge in [-0.3, -0.25) is 4.79 Å². The molecule has 1 saturated heterocycles. The first-order valence-corrected chi connectivity index (χ1v) is 7.29. The molecule has 1 aromatic rings. The average Bonchev–Trinajstić information content (AvgIpc) is 2.49. The molecule has 0 spiro atoms. The summed E-state index contributed by atoms with van der Waals surface area (Å²) in [6.45, 7) is 2.92. The van der Waals surface area contributed by atoms with Crippen LogP contribution < -0.4 is 5.32 Å². The number of carbonyl (C=O) groups is 2. The van der Waals surface area contributed by atoms with Gasteiger partial charge in [-0.15, -0.1) is 0 Å². The summed E-state index contributed by atoms with van der Waals surface area (Å²) in [6.07, 6.45) is 1.19. The van der Waals surface area contributed by atoms with Gasteiger partial charge in [0.15, 0.2) is 0 Å². The molecule has 6 heteroatoms. The third-order valence-electron chi connectivity index (χ3n) is 3.67. The molecule has 5 nitrogen and oxygen atoms in total. The Labute approximate surface area is 129 Å². The molecule has 1 atom stereocenters. The number of halogens is 1. The van der Waals surface area contributed by atoms with Crippen molar-refractivity contribution in [3.8, 4) is 0 Å². The Morgan fingerprint density at radius 3 is 2.86 bits per heavy atom. The first kappa shape index (κ1) is 15.6. The van der Waals surface area contributed by atoms with E-state index in [0.29, 0.717) is 18.1 Å². The van der Waals surface area contributed by atoms with Crippen LogP contribution >= 0.6 is 11.6 Å². The van der Waals surface area contributed by atoms with Gasteiger partial charge in [0.1, 0.15) is 0 Å². The summed E-state index contributed by atoms with van der Waals surface area (Å²) in [5.74, 6) is -0.290. The van der Waals surface area contributed by atoms with Crippen LogP contribution in [-0.4, -0.2) is 37.1 Å². The van der Waals surface area contributed by atoms with Gasteiger partial charge in [-0.25, -0.2) is 4.79 Å². The maximum absolute atomic E-state index is 12.3. The highest BCUT2D eigenvalue weighted by molar-refractivity contribution is 6.30. The number of rotatable bonds is 2. The molecule has 2 amide bonds. The number of nitrogens with zero attached hydrogens (tertiary/aromatic N) is 1. The summed E-state index contributed by atoms with van der Waals surface area (Å²) in [6, 6.07) is 5.33. The van der Waals surface area contributed by atoms with Crippen molar-refractivity contribution >= 4 is 29.3 Å². The van der Waals surface area contributed by atoms with E-state index in [1.165, 1.54) is 7.11 Å². The van der Waals surface area contributed by atoms with Gasteiger partial charge in [-0.05, 0) is 43.5 Å². The fraction of sp³-hybridized carbons (Fsp3) is 0.467. The molecule has 1 aromatic carbocycles. The molecule has 1 N–H and O–H groups in total. The van der Waals surface area contributed by atoms with Crippen LogP contribution in [0.25, 0.3) is 0 Å². The Bertz CT molecular complexity index is 548.